The number of hydrogen-bond acceptors (Lipinski definition) is 2. The Balaban J connectivity index is 2.17. The smallest absolute Gasteiger partial charge is 0.406 e. The molecule has 120 valence electrons. The van der Waals surface area contributed by atoms with Crippen LogP contribution in [0.1, 0.15) is 33.1 Å². The number of carbonyl (C=O) groups excluding carboxylic acids is 1. The van der Waals surface area contributed by atoms with Crippen LogP contribution in [-0.4, -0.2) is 57.8 Å². The second-order valence-electron chi connectivity index (χ2n) is 6.01. The number of fused-ring (bicyclic) bond motifs is 2. The van der Waals surface area contributed by atoms with Crippen LogP contribution in [0.2, 0.25) is 0 Å². The molecule has 0 saturated carbocycles. The van der Waals surface area contributed by atoms with Gasteiger partial charge in [-0.2, -0.15) is 13.2 Å². The molecule has 0 radical (unpaired) electrons. The zero-order valence-corrected chi connectivity index (χ0v) is 11.9. The molecular weight excluding hydrogens is 289 g/mol. The Hall–Kier alpha value is -1.47. The quantitative estimate of drug-likeness (QED) is 0.870. The van der Waals surface area contributed by atoms with E-state index >= 15 is 0 Å². The van der Waals surface area contributed by atoms with Gasteiger partial charge in [0.1, 0.15) is 6.54 Å². The summed E-state index contributed by atoms with van der Waals surface area (Å²) in [5.41, 5.74) is 0. The molecule has 1 N–H and O–H groups in total. The highest BCUT2D eigenvalue weighted by molar-refractivity contribution is 5.79. The number of hydrogen-bond donors (Lipinski definition) is 1. The second kappa shape index (κ2) is 5.38. The largest absolute Gasteiger partial charge is 0.481 e. The van der Waals surface area contributed by atoms with Crippen LogP contribution in [0, 0.1) is 5.92 Å². The zero-order chi connectivity index (χ0) is 15.9. The van der Waals surface area contributed by atoms with E-state index in [1.165, 1.54) is 18.7 Å². The summed E-state index contributed by atoms with van der Waals surface area (Å²) >= 11 is 0. The highest BCUT2D eigenvalue weighted by Gasteiger charge is 2.53. The fourth-order valence-corrected chi connectivity index (χ4v) is 3.36. The highest BCUT2D eigenvalue weighted by Crippen LogP contribution is 2.42. The van der Waals surface area contributed by atoms with E-state index < -0.39 is 42.7 Å². The molecular formula is C13H19F3N2O3. The van der Waals surface area contributed by atoms with E-state index in [1.807, 2.05) is 0 Å². The first-order valence-electron chi connectivity index (χ1n) is 7.00. The van der Waals surface area contributed by atoms with Gasteiger partial charge in [-0.05, 0) is 33.1 Å². The minimum atomic E-state index is -4.47. The summed E-state index contributed by atoms with van der Waals surface area (Å²) in [4.78, 5) is 25.8. The summed E-state index contributed by atoms with van der Waals surface area (Å²) in [5, 5.41) is 9.14. The van der Waals surface area contributed by atoms with Crippen molar-refractivity contribution in [1.82, 2.24) is 9.80 Å². The summed E-state index contributed by atoms with van der Waals surface area (Å²) in [6.07, 6.45) is -2.92. The topological polar surface area (TPSA) is 60.9 Å². The molecule has 8 heteroatoms. The second-order valence-corrected chi connectivity index (χ2v) is 6.01. The van der Waals surface area contributed by atoms with Crippen molar-refractivity contribution in [3.63, 3.8) is 0 Å². The minimum Gasteiger partial charge on any atom is -0.481 e. The van der Waals surface area contributed by atoms with E-state index in [-0.39, 0.29) is 6.04 Å². The monoisotopic (exact) mass is 308 g/mol. The minimum absolute atomic E-state index is 0.252. The summed E-state index contributed by atoms with van der Waals surface area (Å²) in [7, 11) is 0. The number of carboxylic acid groups (broad SMARTS) is 1. The molecule has 2 amide bonds. The lowest BCUT2D eigenvalue weighted by Crippen LogP contribution is -2.52. The predicted octanol–water partition coefficient (Wildman–Crippen LogP) is 2.32. The Morgan fingerprint density at radius 1 is 1.33 bits per heavy atom. The molecule has 3 atom stereocenters. The lowest BCUT2D eigenvalue weighted by atomic mass is 9.89. The fraction of sp³-hybridized carbons (Fsp3) is 0.846. The Morgan fingerprint density at radius 3 is 2.38 bits per heavy atom. The van der Waals surface area contributed by atoms with Crippen molar-refractivity contribution in [1.29, 1.82) is 0 Å². The maximum Gasteiger partial charge on any atom is 0.406 e. The number of aliphatic carboxylic acids is 1. The third kappa shape index (κ3) is 3.08. The van der Waals surface area contributed by atoms with Crippen molar-refractivity contribution < 1.29 is 27.9 Å². The van der Waals surface area contributed by atoms with Crippen molar-refractivity contribution in [2.24, 2.45) is 5.92 Å². The van der Waals surface area contributed by atoms with Crippen molar-refractivity contribution in [3.05, 3.63) is 0 Å². The van der Waals surface area contributed by atoms with Crippen LogP contribution in [0.4, 0.5) is 18.0 Å². The summed E-state index contributed by atoms with van der Waals surface area (Å²) in [6, 6.07) is -2.02. The summed E-state index contributed by atoms with van der Waals surface area (Å²) < 4.78 is 37.9. The van der Waals surface area contributed by atoms with Crippen molar-refractivity contribution in [2.45, 2.75) is 57.4 Å². The van der Waals surface area contributed by atoms with Crippen LogP contribution in [0.25, 0.3) is 0 Å². The molecule has 2 aliphatic rings. The molecule has 3 unspecified atom stereocenters. The van der Waals surface area contributed by atoms with Gasteiger partial charge in [-0.3, -0.25) is 4.79 Å². The van der Waals surface area contributed by atoms with Gasteiger partial charge in [0, 0.05) is 18.1 Å². The van der Waals surface area contributed by atoms with Crippen molar-refractivity contribution >= 4 is 12.0 Å². The molecule has 21 heavy (non-hydrogen) atoms. The van der Waals surface area contributed by atoms with Crippen LogP contribution < -0.4 is 0 Å². The van der Waals surface area contributed by atoms with Crippen LogP contribution >= 0.6 is 0 Å². The lowest BCUT2D eigenvalue weighted by Gasteiger charge is -2.34. The van der Waals surface area contributed by atoms with Crippen molar-refractivity contribution in [2.75, 3.05) is 6.54 Å². The number of carboxylic acids is 1. The van der Waals surface area contributed by atoms with Gasteiger partial charge < -0.3 is 14.9 Å². The van der Waals surface area contributed by atoms with Gasteiger partial charge >= 0.3 is 18.2 Å². The standard InChI is InChI=1S/C13H19F3N2O3/c1-7(2)17(6-13(14,15)16)12(21)18-8-3-4-10(18)9(5-8)11(19)20/h7-10H,3-6H2,1-2H3,(H,19,20). The molecule has 2 fully saturated rings. The first-order valence-corrected chi connectivity index (χ1v) is 7.00. The maximum absolute atomic E-state index is 12.6. The van der Waals surface area contributed by atoms with Gasteiger partial charge in [0.2, 0.25) is 0 Å². The third-order valence-electron chi connectivity index (χ3n) is 4.29. The van der Waals surface area contributed by atoms with Gasteiger partial charge in [-0.1, -0.05) is 0 Å². The van der Waals surface area contributed by atoms with Gasteiger partial charge in [-0.25, -0.2) is 4.79 Å². The van der Waals surface area contributed by atoms with Gasteiger partial charge in [0.15, 0.2) is 0 Å². The van der Waals surface area contributed by atoms with E-state index in [0.29, 0.717) is 19.3 Å². The van der Waals surface area contributed by atoms with E-state index in [1.54, 1.807) is 0 Å². The lowest BCUT2D eigenvalue weighted by molar-refractivity contribution is -0.145. The Kier molecular flexibility index (Phi) is 4.08. The molecule has 2 bridgehead atoms. The molecule has 0 aliphatic carbocycles. The van der Waals surface area contributed by atoms with Crippen LogP contribution in [0.5, 0.6) is 0 Å². The molecule has 0 aromatic carbocycles. The SMILES string of the molecule is CC(C)N(CC(F)(F)F)C(=O)N1C2CCC1C(C(=O)O)C2. The van der Waals surface area contributed by atoms with E-state index in [4.69, 9.17) is 5.11 Å². The number of alkyl halides is 3. The molecule has 2 heterocycles. The summed E-state index contributed by atoms with van der Waals surface area (Å²) in [5.74, 6) is -1.64. The molecule has 2 rings (SSSR count). The number of urea groups is 1. The van der Waals surface area contributed by atoms with E-state index in [9.17, 15) is 22.8 Å². The normalized spacial score (nSPS) is 28.3. The number of nitrogens with zero attached hydrogens (tertiary/aromatic N) is 2. The molecule has 0 spiro atoms. The average molecular weight is 308 g/mol. The van der Waals surface area contributed by atoms with Crippen LogP contribution in [0.15, 0.2) is 0 Å². The van der Waals surface area contributed by atoms with E-state index in [2.05, 4.69) is 0 Å². The first kappa shape index (κ1) is 15.9. The highest BCUT2D eigenvalue weighted by atomic mass is 19.4. The van der Waals surface area contributed by atoms with E-state index in [0.717, 1.165) is 4.90 Å². The van der Waals surface area contributed by atoms with Gasteiger partial charge in [-0.15, -0.1) is 0 Å². The Labute approximate surface area is 120 Å². The Bertz CT molecular complexity index is 439. The van der Waals surface area contributed by atoms with Gasteiger partial charge in [0.25, 0.3) is 0 Å². The summed E-state index contributed by atoms with van der Waals surface area (Å²) in [6.45, 7) is 1.74. The van der Waals surface area contributed by atoms with Crippen LogP contribution in [-0.2, 0) is 4.79 Å². The molecule has 2 aliphatic heterocycles. The molecule has 2 saturated heterocycles. The predicted molar refractivity (Wildman–Crippen MR) is 67.7 cm³/mol. The molecule has 5 nitrogen and oxygen atoms in total. The third-order valence-corrected chi connectivity index (χ3v) is 4.29. The average Bonchev–Trinajstić information content (AvgIpc) is 2.91. The maximum atomic E-state index is 12.6. The van der Waals surface area contributed by atoms with Gasteiger partial charge in [0.05, 0.1) is 5.92 Å². The number of halogens is 3. The molecule has 0 aromatic rings. The number of amides is 2. The zero-order valence-electron chi connectivity index (χ0n) is 11.9. The van der Waals surface area contributed by atoms with Crippen molar-refractivity contribution in [3.8, 4) is 0 Å². The number of carbonyl (C=O) groups is 2. The Morgan fingerprint density at radius 2 is 1.95 bits per heavy atom. The molecule has 0 aromatic heterocycles. The first-order chi connectivity index (χ1) is 9.61. The van der Waals surface area contributed by atoms with Crippen LogP contribution in [0.3, 0.4) is 0 Å². The fourth-order valence-electron chi connectivity index (χ4n) is 3.36. The number of rotatable bonds is 3.